The second-order valence-corrected chi connectivity index (χ2v) is 2.55. The summed E-state index contributed by atoms with van der Waals surface area (Å²) in [5.74, 6) is -0.987. The highest BCUT2D eigenvalue weighted by Crippen LogP contribution is 2.11. The number of carboxylic acid groups (broad SMARTS) is 1. The molecule has 0 aromatic carbocycles. The Morgan fingerprint density at radius 3 is 2.67 bits per heavy atom. The minimum absolute atomic E-state index is 0.176. The number of rotatable bonds is 2. The van der Waals surface area contributed by atoms with Gasteiger partial charge in [0.1, 0.15) is 0 Å². The van der Waals surface area contributed by atoms with Crippen LogP contribution in [-0.4, -0.2) is 20.9 Å². The lowest BCUT2D eigenvalue weighted by molar-refractivity contribution is 0.0683. The number of nitrogens with zero attached hydrogens (tertiary/aromatic N) is 2. The van der Waals surface area contributed by atoms with E-state index >= 15 is 0 Å². The molecule has 5 nitrogen and oxygen atoms in total. The van der Waals surface area contributed by atoms with E-state index in [1.165, 1.54) is 4.68 Å². The third-order valence-electron chi connectivity index (χ3n) is 1.75. The smallest absolute Gasteiger partial charge is 0.354 e. The van der Waals surface area contributed by atoms with Gasteiger partial charge in [0.2, 0.25) is 0 Å². The van der Waals surface area contributed by atoms with E-state index in [1.807, 2.05) is 0 Å². The summed E-state index contributed by atoms with van der Waals surface area (Å²) in [6.45, 7) is 1.95. The molecule has 1 aromatic heterocycles. The van der Waals surface area contributed by atoms with Gasteiger partial charge >= 0.3 is 5.97 Å². The fourth-order valence-corrected chi connectivity index (χ4v) is 1.21. The molecule has 1 heterocycles. The summed E-state index contributed by atoms with van der Waals surface area (Å²) < 4.78 is 1.33. The zero-order valence-electron chi connectivity index (χ0n) is 7.03. The molecule has 0 aliphatic carbocycles. The molecule has 0 aliphatic rings. The van der Waals surface area contributed by atoms with Gasteiger partial charge < -0.3 is 10.8 Å². The van der Waals surface area contributed by atoms with E-state index in [2.05, 4.69) is 5.10 Å². The van der Waals surface area contributed by atoms with Crippen LogP contribution in [0.2, 0.25) is 0 Å². The van der Waals surface area contributed by atoms with Gasteiger partial charge in [-0.3, -0.25) is 4.68 Å². The lowest BCUT2D eigenvalue weighted by atomic mass is 10.2. The quantitative estimate of drug-likeness (QED) is 0.647. The van der Waals surface area contributed by atoms with Crippen LogP contribution in [0.25, 0.3) is 0 Å². The maximum atomic E-state index is 10.7. The van der Waals surface area contributed by atoms with Gasteiger partial charge in [0.15, 0.2) is 5.69 Å². The molecule has 0 atom stereocenters. The Kier molecular flexibility index (Phi) is 2.14. The summed E-state index contributed by atoms with van der Waals surface area (Å²) in [7, 11) is 1.59. The summed E-state index contributed by atoms with van der Waals surface area (Å²) in [6.07, 6.45) is 0. The van der Waals surface area contributed by atoms with Crippen molar-refractivity contribution in [1.29, 1.82) is 0 Å². The van der Waals surface area contributed by atoms with Crippen molar-refractivity contribution in [3.63, 3.8) is 0 Å². The highest BCUT2D eigenvalue weighted by molar-refractivity contribution is 5.87. The molecule has 0 spiro atoms. The number of carbonyl (C=O) groups is 1. The SMILES string of the molecule is Cc1nn(C)c(C(=O)O)c1CN. The van der Waals surface area contributed by atoms with Gasteiger partial charge in [-0.25, -0.2) is 4.79 Å². The number of aromatic nitrogens is 2. The molecular formula is C7H11N3O2. The van der Waals surface area contributed by atoms with Crippen molar-refractivity contribution >= 4 is 5.97 Å². The van der Waals surface area contributed by atoms with Crippen LogP contribution < -0.4 is 5.73 Å². The minimum Gasteiger partial charge on any atom is -0.477 e. The Bertz CT molecular complexity index is 317. The van der Waals surface area contributed by atoms with E-state index < -0.39 is 5.97 Å². The van der Waals surface area contributed by atoms with Crippen LogP contribution in [0.1, 0.15) is 21.7 Å². The van der Waals surface area contributed by atoms with Crippen LogP contribution in [0.15, 0.2) is 0 Å². The van der Waals surface area contributed by atoms with Crippen molar-refractivity contribution < 1.29 is 9.90 Å². The van der Waals surface area contributed by atoms with Crippen molar-refractivity contribution in [2.45, 2.75) is 13.5 Å². The van der Waals surface area contributed by atoms with Crippen molar-refractivity contribution in [2.75, 3.05) is 0 Å². The fourth-order valence-electron chi connectivity index (χ4n) is 1.21. The van der Waals surface area contributed by atoms with Gasteiger partial charge in [-0.05, 0) is 6.92 Å². The number of hydrogen-bond donors (Lipinski definition) is 2. The van der Waals surface area contributed by atoms with Gasteiger partial charge in [0, 0.05) is 19.2 Å². The lowest BCUT2D eigenvalue weighted by Gasteiger charge is -1.97. The molecule has 1 rings (SSSR count). The molecule has 1 aromatic rings. The van der Waals surface area contributed by atoms with E-state index in [-0.39, 0.29) is 12.2 Å². The molecule has 0 saturated carbocycles. The van der Waals surface area contributed by atoms with Gasteiger partial charge in [-0.2, -0.15) is 5.10 Å². The van der Waals surface area contributed by atoms with E-state index in [4.69, 9.17) is 10.8 Å². The monoisotopic (exact) mass is 169 g/mol. The van der Waals surface area contributed by atoms with E-state index in [0.717, 1.165) is 0 Å². The van der Waals surface area contributed by atoms with Gasteiger partial charge in [-0.15, -0.1) is 0 Å². The van der Waals surface area contributed by atoms with Crippen LogP contribution in [0.4, 0.5) is 0 Å². The molecule has 66 valence electrons. The standard InChI is InChI=1S/C7H11N3O2/c1-4-5(3-8)6(7(11)12)10(2)9-4/h3,8H2,1-2H3,(H,11,12). The average molecular weight is 169 g/mol. The Balaban J connectivity index is 3.32. The molecule has 0 saturated heterocycles. The summed E-state index contributed by atoms with van der Waals surface area (Å²) in [5.41, 5.74) is 6.84. The molecule has 12 heavy (non-hydrogen) atoms. The highest BCUT2D eigenvalue weighted by atomic mass is 16.4. The highest BCUT2D eigenvalue weighted by Gasteiger charge is 2.17. The van der Waals surface area contributed by atoms with Crippen LogP contribution in [0.3, 0.4) is 0 Å². The van der Waals surface area contributed by atoms with Crippen LogP contribution >= 0.6 is 0 Å². The predicted octanol–water partition coefficient (Wildman–Crippen LogP) is -0.115. The van der Waals surface area contributed by atoms with E-state index in [0.29, 0.717) is 11.3 Å². The second-order valence-electron chi connectivity index (χ2n) is 2.55. The van der Waals surface area contributed by atoms with E-state index in [1.54, 1.807) is 14.0 Å². The molecule has 0 radical (unpaired) electrons. The first-order chi connectivity index (χ1) is 5.57. The largest absolute Gasteiger partial charge is 0.477 e. The Labute approximate surface area is 69.8 Å². The normalized spacial score (nSPS) is 10.2. The van der Waals surface area contributed by atoms with Crippen molar-refractivity contribution in [3.8, 4) is 0 Å². The Morgan fingerprint density at radius 2 is 2.33 bits per heavy atom. The molecule has 0 aliphatic heterocycles. The number of aryl methyl sites for hydroxylation is 2. The molecule has 0 unspecified atom stereocenters. The Hall–Kier alpha value is -1.36. The number of nitrogens with two attached hydrogens (primary N) is 1. The number of aromatic carboxylic acids is 1. The first kappa shape index (κ1) is 8.73. The predicted molar refractivity (Wildman–Crippen MR) is 42.8 cm³/mol. The fraction of sp³-hybridized carbons (Fsp3) is 0.429. The van der Waals surface area contributed by atoms with Crippen molar-refractivity contribution in [2.24, 2.45) is 12.8 Å². The van der Waals surface area contributed by atoms with Crippen LogP contribution in [-0.2, 0) is 13.6 Å². The zero-order valence-corrected chi connectivity index (χ0v) is 7.03. The molecule has 0 amide bonds. The van der Waals surface area contributed by atoms with Gasteiger partial charge in [-0.1, -0.05) is 0 Å². The Morgan fingerprint density at radius 1 is 1.75 bits per heavy atom. The lowest BCUT2D eigenvalue weighted by Crippen LogP contribution is -2.10. The summed E-state index contributed by atoms with van der Waals surface area (Å²) in [4.78, 5) is 10.7. The first-order valence-corrected chi connectivity index (χ1v) is 3.53. The third kappa shape index (κ3) is 1.18. The van der Waals surface area contributed by atoms with Crippen molar-refractivity contribution in [3.05, 3.63) is 17.0 Å². The zero-order chi connectivity index (χ0) is 9.30. The molecular weight excluding hydrogens is 158 g/mol. The molecule has 5 heteroatoms. The number of carboxylic acids is 1. The van der Waals surface area contributed by atoms with Gasteiger partial charge in [0.25, 0.3) is 0 Å². The third-order valence-corrected chi connectivity index (χ3v) is 1.75. The maximum Gasteiger partial charge on any atom is 0.354 e. The maximum absolute atomic E-state index is 10.7. The summed E-state index contributed by atoms with van der Waals surface area (Å²) in [5, 5.41) is 12.7. The molecule has 3 N–H and O–H groups in total. The van der Waals surface area contributed by atoms with E-state index in [9.17, 15) is 4.79 Å². The van der Waals surface area contributed by atoms with Crippen LogP contribution in [0.5, 0.6) is 0 Å². The minimum atomic E-state index is -0.987. The number of hydrogen-bond acceptors (Lipinski definition) is 3. The summed E-state index contributed by atoms with van der Waals surface area (Å²) >= 11 is 0. The topological polar surface area (TPSA) is 81.1 Å². The first-order valence-electron chi connectivity index (χ1n) is 3.53. The summed E-state index contributed by atoms with van der Waals surface area (Å²) in [6, 6.07) is 0. The van der Waals surface area contributed by atoms with Gasteiger partial charge in [0.05, 0.1) is 5.69 Å². The average Bonchev–Trinajstić information content (AvgIpc) is 2.24. The van der Waals surface area contributed by atoms with Crippen LogP contribution in [0, 0.1) is 6.92 Å². The molecule has 0 fully saturated rings. The second kappa shape index (κ2) is 2.94. The van der Waals surface area contributed by atoms with Crippen molar-refractivity contribution in [1.82, 2.24) is 9.78 Å². The molecule has 0 bridgehead atoms.